The molecule has 5 nitrogen and oxygen atoms in total. The molecule has 0 bridgehead atoms. The van der Waals surface area contributed by atoms with E-state index in [9.17, 15) is 9.90 Å². The molecular formula is C15H12BrClN2O3. The Morgan fingerprint density at radius 3 is 2.86 bits per heavy atom. The van der Waals surface area contributed by atoms with E-state index in [1.54, 1.807) is 30.3 Å². The first-order chi connectivity index (χ1) is 10.5. The summed E-state index contributed by atoms with van der Waals surface area (Å²) < 4.78 is 5.66. The van der Waals surface area contributed by atoms with Gasteiger partial charge >= 0.3 is 0 Å². The van der Waals surface area contributed by atoms with Crippen LogP contribution in [-0.2, 0) is 0 Å². The maximum atomic E-state index is 11.9. The molecule has 0 aliphatic rings. The van der Waals surface area contributed by atoms with Gasteiger partial charge in [-0.2, -0.15) is 5.10 Å². The Hall–Kier alpha value is -2.05. The summed E-state index contributed by atoms with van der Waals surface area (Å²) >= 11 is 9.15. The molecular weight excluding hydrogens is 372 g/mol. The average Bonchev–Trinajstić information content (AvgIpc) is 2.50. The lowest BCUT2D eigenvalue weighted by Gasteiger charge is -2.06. The minimum Gasteiger partial charge on any atom is -0.504 e. The second-order valence-electron chi connectivity index (χ2n) is 4.26. The van der Waals surface area contributed by atoms with Gasteiger partial charge in [0.1, 0.15) is 0 Å². The van der Waals surface area contributed by atoms with Crippen molar-refractivity contribution in [3.05, 3.63) is 57.0 Å². The number of hydrazone groups is 1. The van der Waals surface area contributed by atoms with Gasteiger partial charge in [-0.3, -0.25) is 4.79 Å². The lowest BCUT2D eigenvalue weighted by molar-refractivity contribution is 0.0955. The van der Waals surface area contributed by atoms with Crippen molar-refractivity contribution in [2.45, 2.75) is 0 Å². The van der Waals surface area contributed by atoms with Crippen LogP contribution < -0.4 is 10.2 Å². The number of benzene rings is 2. The SMILES string of the molecule is COc1cc(Br)c(/C=N\NC(=O)c2cccc(Cl)c2)cc1O. The van der Waals surface area contributed by atoms with Crippen molar-refractivity contribution < 1.29 is 14.6 Å². The number of hydrogen-bond donors (Lipinski definition) is 2. The highest BCUT2D eigenvalue weighted by Gasteiger charge is 2.07. The van der Waals surface area contributed by atoms with E-state index in [2.05, 4.69) is 26.5 Å². The summed E-state index contributed by atoms with van der Waals surface area (Å²) in [5, 5.41) is 14.1. The van der Waals surface area contributed by atoms with Crippen molar-refractivity contribution in [2.75, 3.05) is 7.11 Å². The molecule has 1 amide bonds. The maximum absolute atomic E-state index is 11.9. The molecule has 0 saturated carbocycles. The normalized spacial score (nSPS) is 10.7. The molecule has 0 heterocycles. The van der Waals surface area contributed by atoms with Gasteiger partial charge in [0.25, 0.3) is 5.91 Å². The van der Waals surface area contributed by atoms with Crippen LogP contribution in [0.4, 0.5) is 0 Å². The number of halogens is 2. The van der Waals surface area contributed by atoms with Crippen LogP contribution in [0.25, 0.3) is 0 Å². The smallest absolute Gasteiger partial charge is 0.271 e. The highest BCUT2D eigenvalue weighted by molar-refractivity contribution is 9.10. The molecule has 0 aliphatic carbocycles. The number of aromatic hydroxyl groups is 1. The molecule has 7 heteroatoms. The number of rotatable bonds is 4. The van der Waals surface area contributed by atoms with Gasteiger partial charge in [0.2, 0.25) is 0 Å². The van der Waals surface area contributed by atoms with Crippen molar-refractivity contribution in [3.8, 4) is 11.5 Å². The van der Waals surface area contributed by atoms with Gasteiger partial charge in [0.15, 0.2) is 11.5 Å². The Labute approximate surface area is 140 Å². The minimum atomic E-state index is -0.382. The molecule has 0 spiro atoms. The summed E-state index contributed by atoms with van der Waals surface area (Å²) in [5.41, 5.74) is 3.38. The molecule has 0 saturated heterocycles. The zero-order valence-electron chi connectivity index (χ0n) is 11.5. The Morgan fingerprint density at radius 1 is 1.41 bits per heavy atom. The molecule has 22 heavy (non-hydrogen) atoms. The maximum Gasteiger partial charge on any atom is 0.271 e. The molecule has 2 N–H and O–H groups in total. The topological polar surface area (TPSA) is 70.9 Å². The van der Waals surface area contributed by atoms with Gasteiger partial charge in [-0.15, -0.1) is 0 Å². The van der Waals surface area contributed by atoms with Gasteiger partial charge in [-0.05, 0) is 46.3 Å². The highest BCUT2D eigenvalue weighted by Crippen LogP contribution is 2.31. The second kappa shape index (κ2) is 7.29. The number of phenols is 1. The number of amides is 1. The summed E-state index contributed by atoms with van der Waals surface area (Å²) in [6.07, 6.45) is 1.41. The summed E-state index contributed by atoms with van der Waals surface area (Å²) in [6.45, 7) is 0. The molecule has 2 aromatic carbocycles. The monoisotopic (exact) mass is 382 g/mol. The van der Waals surface area contributed by atoms with Gasteiger partial charge in [0.05, 0.1) is 13.3 Å². The minimum absolute atomic E-state index is 0.0201. The van der Waals surface area contributed by atoms with Crippen molar-refractivity contribution in [1.29, 1.82) is 0 Å². The zero-order valence-corrected chi connectivity index (χ0v) is 13.9. The fraction of sp³-hybridized carbons (Fsp3) is 0.0667. The lowest BCUT2D eigenvalue weighted by atomic mass is 10.2. The summed E-state index contributed by atoms with van der Waals surface area (Å²) in [6, 6.07) is 9.61. The Bertz CT molecular complexity index is 735. The van der Waals surface area contributed by atoms with E-state index < -0.39 is 0 Å². The fourth-order valence-corrected chi connectivity index (χ4v) is 2.29. The Morgan fingerprint density at radius 2 is 2.18 bits per heavy atom. The number of carbonyl (C=O) groups excluding carboxylic acids is 1. The van der Waals surface area contributed by atoms with E-state index in [0.29, 0.717) is 26.4 Å². The molecule has 114 valence electrons. The van der Waals surface area contributed by atoms with Crippen molar-refractivity contribution in [1.82, 2.24) is 5.43 Å². The van der Waals surface area contributed by atoms with Crippen LogP contribution in [0.3, 0.4) is 0 Å². The summed E-state index contributed by atoms with van der Waals surface area (Å²) in [4.78, 5) is 11.9. The Balaban J connectivity index is 2.10. The third kappa shape index (κ3) is 3.99. The van der Waals surface area contributed by atoms with Crippen LogP contribution in [0, 0.1) is 0 Å². The number of phenolic OH excluding ortho intramolecular Hbond substituents is 1. The van der Waals surface area contributed by atoms with Crippen LogP contribution in [0.2, 0.25) is 5.02 Å². The first kappa shape index (κ1) is 16.3. The van der Waals surface area contributed by atoms with E-state index in [0.717, 1.165) is 0 Å². The number of nitrogens with zero attached hydrogens (tertiary/aromatic N) is 1. The highest BCUT2D eigenvalue weighted by atomic mass is 79.9. The molecule has 0 aliphatic heterocycles. The molecule has 2 rings (SSSR count). The van der Waals surface area contributed by atoms with Gasteiger partial charge in [-0.1, -0.05) is 17.7 Å². The van der Waals surface area contributed by atoms with E-state index >= 15 is 0 Å². The van der Waals surface area contributed by atoms with E-state index in [-0.39, 0.29) is 11.7 Å². The van der Waals surface area contributed by atoms with Crippen molar-refractivity contribution in [2.24, 2.45) is 5.10 Å². The van der Waals surface area contributed by atoms with Crippen LogP contribution >= 0.6 is 27.5 Å². The van der Waals surface area contributed by atoms with Gasteiger partial charge in [-0.25, -0.2) is 5.43 Å². The van der Waals surface area contributed by atoms with Crippen molar-refractivity contribution >= 4 is 39.7 Å². The predicted octanol–water partition coefficient (Wildman–Crippen LogP) is 3.58. The number of hydrogen-bond acceptors (Lipinski definition) is 4. The number of nitrogens with one attached hydrogen (secondary N) is 1. The molecule has 2 aromatic rings. The Kier molecular flexibility index (Phi) is 5.41. The molecule has 0 unspecified atom stereocenters. The van der Waals surface area contributed by atoms with Crippen LogP contribution in [0.1, 0.15) is 15.9 Å². The van der Waals surface area contributed by atoms with Crippen molar-refractivity contribution in [3.63, 3.8) is 0 Å². The molecule has 0 atom stereocenters. The van der Waals surface area contributed by atoms with E-state index in [1.807, 2.05) is 0 Å². The molecule has 0 fully saturated rings. The van der Waals surface area contributed by atoms with Gasteiger partial charge in [0, 0.05) is 20.6 Å². The van der Waals surface area contributed by atoms with E-state index in [4.69, 9.17) is 16.3 Å². The van der Waals surface area contributed by atoms with E-state index in [1.165, 1.54) is 19.4 Å². The zero-order chi connectivity index (χ0) is 16.1. The first-order valence-corrected chi connectivity index (χ1v) is 7.34. The average molecular weight is 384 g/mol. The largest absolute Gasteiger partial charge is 0.504 e. The first-order valence-electron chi connectivity index (χ1n) is 6.16. The molecule has 0 aromatic heterocycles. The predicted molar refractivity (Wildman–Crippen MR) is 88.9 cm³/mol. The quantitative estimate of drug-likeness (QED) is 0.626. The molecule has 0 radical (unpaired) electrons. The van der Waals surface area contributed by atoms with Crippen LogP contribution in [-0.4, -0.2) is 24.3 Å². The number of ether oxygens (including phenoxy) is 1. The third-order valence-electron chi connectivity index (χ3n) is 2.75. The standard InChI is InChI=1S/C15H12BrClN2O3/c1-22-14-7-12(16)10(6-13(14)20)8-18-19-15(21)9-3-2-4-11(17)5-9/h2-8,20H,1H3,(H,19,21)/b18-8-. The van der Waals surface area contributed by atoms with Crippen LogP contribution in [0.5, 0.6) is 11.5 Å². The summed E-state index contributed by atoms with van der Waals surface area (Å²) in [7, 11) is 1.46. The lowest BCUT2D eigenvalue weighted by Crippen LogP contribution is -2.17. The number of methoxy groups -OCH3 is 1. The third-order valence-corrected chi connectivity index (χ3v) is 3.68. The van der Waals surface area contributed by atoms with Gasteiger partial charge < -0.3 is 9.84 Å². The number of carbonyl (C=O) groups is 1. The van der Waals surface area contributed by atoms with Crippen LogP contribution in [0.15, 0.2) is 46.0 Å². The second-order valence-corrected chi connectivity index (χ2v) is 5.55. The fourth-order valence-electron chi connectivity index (χ4n) is 1.68. The summed E-state index contributed by atoms with van der Waals surface area (Å²) in [5.74, 6) is -0.0621.